The summed E-state index contributed by atoms with van der Waals surface area (Å²) >= 11 is 1.50. The molecule has 8 heteroatoms. The Balaban J connectivity index is 1.48. The Labute approximate surface area is 167 Å². The number of thiazole rings is 1. The molecule has 0 unspecified atom stereocenters. The summed E-state index contributed by atoms with van der Waals surface area (Å²) in [5.41, 5.74) is 4.10. The first-order valence-electron chi connectivity index (χ1n) is 8.89. The lowest BCUT2D eigenvalue weighted by molar-refractivity contribution is 0.581. The summed E-state index contributed by atoms with van der Waals surface area (Å²) in [5, 5.41) is 6.56. The Morgan fingerprint density at radius 1 is 1.00 bits per heavy atom. The molecule has 4 aromatic rings. The van der Waals surface area contributed by atoms with E-state index in [0.29, 0.717) is 18.8 Å². The summed E-state index contributed by atoms with van der Waals surface area (Å²) in [7, 11) is -3.52. The maximum Gasteiger partial charge on any atom is 0.240 e. The molecule has 6 nitrogen and oxygen atoms in total. The predicted molar refractivity (Wildman–Crippen MR) is 111 cm³/mol. The number of rotatable bonds is 6. The smallest absolute Gasteiger partial charge is 0.211 e. The number of aromatic nitrogens is 3. The van der Waals surface area contributed by atoms with Gasteiger partial charge in [-0.2, -0.15) is 4.98 Å². The molecule has 0 aliphatic rings. The van der Waals surface area contributed by atoms with E-state index in [1.807, 2.05) is 43.5 Å². The van der Waals surface area contributed by atoms with Gasteiger partial charge in [0.25, 0.3) is 0 Å². The van der Waals surface area contributed by atoms with Crippen molar-refractivity contribution in [3.05, 3.63) is 70.7 Å². The van der Waals surface area contributed by atoms with Crippen molar-refractivity contribution in [2.24, 2.45) is 0 Å². The fraction of sp³-hybridized carbons (Fsp3) is 0.200. The quantitative estimate of drug-likeness (QED) is 0.525. The van der Waals surface area contributed by atoms with Crippen LogP contribution in [0.15, 0.2) is 58.8 Å². The van der Waals surface area contributed by atoms with Crippen molar-refractivity contribution in [1.29, 1.82) is 0 Å². The third-order valence-corrected chi connectivity index (χ3v) is 6.81. The van der Waals surface area contributed by atoms with E-state index in [1.165, 1.54) is 16.9 Å². The highest BCUT2D eigenvalue weighted by molar-refractivity contribution is 7.89. The van der Waals surface area contributed by atoms with E-state index in [2.05, 4.69) is 14.8 Å². The van der Waals surface area contributed by atoms with Crippen LogP contribution >= 0.6 is 11.3 Å². The van der Waals surface area contributed by atoms with Crippen molar-refractivity contribution in [3.8, 4) is 11.4 Å². The molecule has 0 amide bonds. The zero-order chi connectivity index (χ0) is 19.7. The Morgan fingerprint density at radius 3 is 2.32 bits per heavy atom. The molecule has 0 atom stereocenters. The summed E-state index contributed by atoms with van der Waals surface area (Å²) in [4.78, 5) is 5.65. The van der Waals surface area contributed by atoms with Crippen LogP contribution in [0.25, 0.3) is 16.3 Å². The first kappa shape index (κ1) is 18.8. The van der Waals surface area contributed by atoms with Gasteiger partial charge in [0.05, 0.1) is 10.6 Å². The largest absolute Gasteiger partial charge is 0.240 e. The average Bonchev–Trinajstić information content (AvgIpc) is 3.24. The highest BCUT2D eigenvalue weighted by Crippen LogP contribution is 2.21. The van der Waals surface area contributed by atoms with E-state index in [0.717, 1.165) is 21.8 Å². The van der Waals surface area contributed by atoms with Crippen LogP contribution in [-0.4, -0.2) is 29.6 Å². The summed E-state index contributed by atoms with van der Waals surface area (Å²) < 4.78 is 29.3. The van der Waals surface area contributed by atoms with Gasteiger partial charge in [-0.25, -0.2) is 17.7 Å². The Morgan fingerprint density at radius 2 is 1.64 bits per heavy atom. The molecule has 0 aliphatic carbocycles. The van der Waals surface area contributed by atoms with Crippen molar-refractivity contribution in [2.75, 3.05) is 6.54 Å². The van der Waals surface area contributed by atoms with E-state index in [4.69, 9.17) is 0 Å². The molecule has 0 fully saturated rings. The standard InChI is InChI=1S/C20H20N4O2S2/c1-14-3-7-16(8-4-14)19-22-20-24(23-19)17(13-27-20)11-12-21-28(25,26)18-9-5-15(2)6-10-18/h3-10,13,21H,11-12H2,1-2H3. The van der Waals surface area contributed by atoms with Crippen LogP contribution in [0.4, 0.5) is 0 Å². The van der Waals surface area contributed by atoms with Gasteiger partial charge in [0, 0.05) is 23.9 Å². The topological polar surface area (TPSA) is 76.4 Å². The fourth-order valence-corrected chi connectivity index (χ4v) is 4.72. The molecule has 0 saturated heterocycles. The number of sulfonamides is 1. The zero-order valence-electron chi connectivity index (χ0n) is 15.6. The van der Waals surface area contributed by atoms with Gasteiger partial charge >= 0.3 is 0 Å². The van der Waals surface area contributed by atoms with Crippen LogP contribution in [0.5, 0.6) is 0 Å². The van der Waals surface area contributed by atoms with Gasteiger partial charge in [-0.3, -0.25) is 0 Å². The van der Waals surface area contributed by atoms with E-state index in [-0.39, 0.29) is 4.90 Å². The summed E-state index contributed by atoms with van der Waals surface area (Å²) in [6.07, 6.45) is 0.530. The van der Waals surface area contributed by atoms with E-state index < -0.39 is 10.0 Å². The van der Waals surface area contributed by atoms with Crippen molar-refractivity contribution in [2.45, 2.75) is 25.2 Å². The third kappa shape index (κ3) is 3.84. The minimum atomic E-state index is -3.52. The Hall–Kier alpha value is -2.55. The molecule has 144 valence electrons. The molecule has 28 heavy (non-hydrogen) atoms. The minimum absolute atomic E-state index is 0.274. The lowest BCUT2D eigenvalue weighted by Crippen LogP contribution is -2.26. The zero-order valence-corrected chi connectivity index (χ0v) is 17.2. The van der Waals surface area contributed by atoms with Crippen LogP contribution in [0.2, 0.25) is 0 Å². The molecular formula is C20H20N4O2S2. The number of nitrogens with zero attached hydrogens (tertiary/aromatic N) is 3. The lowest BCUT2D eigenvalue weighted by Gasteiger charge is -2.06. The molecule has 0 bridgehead atoms. The third-order valence-electron chi connectivity index (χ3n) is 4.46. The van der Waals surface area contributed by atoms with Crippen LogP contribution < -0.4 is 4.72 Å². The van der Waals surface area contributed by atoms with Crippen LogP contribution in [-0.2, 0) is 16.4 Å². The first-order chi connectivity index (χ1) is 13.4. The molecule has 4 rings (SSSR count). The highest BCUT2D eigenvalue weighted by Gasteiger charge is 2.15. The molecule has 0 aliphatic heterocycles. The monoisotopic (exact) mass is 412 g/mol. The van der Waals surface area contributed by atoms with Gasteiger partial charge < -0.3 is 0 Å². The number of benzene rings is 2. The summed E-state index contributed by atoms with van der Waals surface area (Å²) in [6.45, 7) is 4.26. The van der Waals surface area contributed by atoms with Crippen LogP contribution in [0, 0.1) is 13.8 Å². The second-order valence-electron chi connectivity index (χ2n) is 6.68. The number of hydrogen-bond acceptors (Lipinski definition) is 5. The van der Waals surface area contributed by atoms with Crippen LogP contribution in [0.3, 0.4) is 0 Å². The van der Waals surface area contributed by atoms with Gasteiger partial charge in [-0.05, 0) is 26.0 Å². The van der Waals surface area contributed by atoms with Gasteiger partial charge in [-0.15, -0.1) is 16.4 Å². The Kier molecular flexibility index (Phi) is 5.01. The highest BCUT2D eigenvalue weighted by atomic mass is 32.2. The molecule has 0 spiro atoms. The van der Waals surface area contributed by atoms with Gasteiger partial charge in [-0.1, -0.05) is 47.5 Å². The normalized spacial score (nSPS) is 11.9. The van der Waals surface area contributed by atoms with Crippen molar-refractivity contribution >= 4 is 26.3 Å². The molecule has 0 saturated carbocycles. The molecule has 2 aromatic carbocycles. The van der Waals surface area contributed by atoms with Crippen molar-refractivity contribution in [3.63, 3.8) is 0 Å². The van der Waals surface area contributed by atoms with Crippen LogP contribution in [0.1, 0.15) is 16.8 Å². The van der Waals surface area contributed by atoms with Crippen molar-refractivity contribution in [1.82, 2.24) is 19.3 Å². The van der Waals surface area contributed by atoms with Gasteiger partial charge in [0.15, 0.2) is 5.82 Å². The molecule has 2 aromatic heterocycles. The second-order valence-corrected chi connectivity index (χ2v) is 9.29. The van der Waals surface area contributed by atoms with E-state index in [1.54, 1.807) is 28.8 Å². The Bertz CT molecular complexity index is 1210. The number of nitrogens with one attached hydrogen (secondary N) is 1. The van der Waals surface area contributed by atoms with Crippen molar-refractivity contribution < 1.29 is 8.42 Å². The number of hydrogen-bond donors (Lipinski definition) is 1. The maximum absolute atomic E-state index is 12.4. The van der Waals surface area contributed by atoms with Gasteiger partial charge in [0.2, 0.25) is 15.0 Å². The van der Waals surface area contributed by atoms with E-state index in [9.17, 15) is 8.42 Å². The van der Waals surface area contributed by atoms with E-state index >= 15 is 0 Å². The molecule has 2 heterocycles. The molecule has 1 N–H and O–H groups in total. The lowest BCUT2D eigenvalue weighted by atomic mass is 10.1. The summed E-state index contributed by atoms with van der Waals surface area (Å²) in [5.74, 6) is 0.674. The summed E-state index contributed by atoms with van der Waals surface area (Å²) in [6, 6.07) is 14.9. The first-order valence-corrected chi connectivity index (χ1v) is 11.3. The minimum Gasteiger partial charge on any atom is -0.211 e. The van der Waals surface area contributed by atoms with Gasteiger partial charge in [0.1, 0.15) is 0 Å². The average molecular weight is 413 g/mol. The molecule has 0 radical (unpaired) electrons. The fourth-order valence-electron chi connectivity index (χ4n) is 2.84. The predicted octanol–water partition coefficient (Wildman–Crippen LogP) is 3.60. The maximum atomic E-state index is 12.4. The second kappa shape index (κ2) is 7.46. The SMILES string of the molecule is Cc1ccc(-c2nc3scc(CCNS(=O)(=O)c4ccc(C)cc4)n3n2)cc1. The molecular weight excluding hydrogens is 392 g/mol. The number of aryl methyl sites for hydroxylation is 2. The number of fused-ring (bicyclic) bond motifs is 1.